The topological polar surface area (TPSA) is 79.0 Å². The summed E-state index contributed by atoms with van der Waals surface area (Å²) < 4.78 is 0. The second-order valence-electron chi connectivity index (χ2n) is 6.08. The van der Waals surface area contributed by atoms with Gasteiger partial charge < -0.3 is 15.5 Å². The van der Waals surface area contributed by atoms with E-state index in [-0.39, 0.29) is 24.4 Å². The van der Waals surface area contributed by atoms with E-state index in [0.717, 1.165) is 38.8 Å². The van der Waals surface area contributed by atoms with Crippen molar-refractivity contribution in [3.8, 4) is 0 Å². The van der Waals surface area contributed by atoms with Crippen molar-refractivity contribution in [2.75, 3.05) is 19.6 Å². The fourth-order valence-electron chi connectivity index (χ4n) is 2.98. The molecule has 0 radical (unpaired) electrons. The van der Waals surface area contributed by atoms with Gasteiger partial charge in [-0.05, 0) is 38.0 Å². The number of carbonyl (C=O) groups excluding carboxylic acids is 2. The molecule has 20 heavy (non-hydrogen) atoms. The average Bonchev–Trinajstić information content (AvgIpc) is 3.22. The summed E-state index contributed by atoms with van der Waals surface area (Å²) in [6.45, 7) is 2.36. The SMILES string of the molecule is NC1=NC(=O)N(CC2CC2)C1CC(=O)N1CCCCC1. The van der Waals surface area contributed by atoms with Crippen molar-refractivity contribution in [3.05, 3.63) is 0 Å². The molecule has 0 aromatic heterocycles. The fourth-order valence-corrected chi connectivity index (χ4v) is 2.98. The summed E-state index contributed by atoms with van der Waals surface area (Å²) in [6.07, 6.45) is 5.96. The predicted octanol–water partition coefficient (Wildman–Crippen LogP) is 0.960. The van der Waals surface area contributed by atoms with Gasteiger partial charge >= 0.3 is 6.03 Å². The summed E-state index contributed by atoms with van der Waals surface area (Å²) in [7, 11) is 0. The average molecular weight is 278 g/mol. The van der Waals surface area contributed by atoms with Crippen LogP contribution in [0.25, 0.3) is 0 Å². The standard InChI is InChI=1S/C14H22N4O2/c15-13-11(8-12(19)17-6-2-1-3-7-17)18(14(20)16-13)9-10-4-5-10/h10-11H,1-9H2,(H2,15,16,20). The van der Waals surface area contributed by atoms with Gasteiger partial charge in [0.05, 0.1) is 12.5 Å². The van der Waals surface area contributed by atoms with Gasteiger partial charge in [-0.15, -0.1) is 0 Å². The Morgan fingerprint density at radius 2 is 1.95 bits per heavy atom. The molecule has 1 atom stereocenters. The molecule has 2 heterocycles. The van der Waals surface area contributed by atoms with Crippen molar-refractivity contribution in [3.63, 3.8) is 0 Å². The molecule has 1 unspecified atom stereocenters. The quantitative estimate of drug-likeness (QED) is 0.832. The first-order valence-corrected chi connectivity index (χ1v) is 7.57. The van der Waals surface area contributed by atoms with Crippen molar-refractivity contribution in [2.45, 2.75) is 44.6 Å². The first-order chi connectivity index (χ1) is 9.65. The van der Waals surface area contributed by atoms with E-state index in [1.165, 1.54) is 6.42 Å². The Balaban J connectivity index is 1.62. The van der Waals surface area contributed by atoms with Crippen LogP contribution in [-0.2, 0) is 4.79 Å². The molecule has 1 saturated carbocycles. The van der Waals surface area contributed by atoms with Crippen LogP contribution >= 0.6 is 0 Å². The van der Waals surface area contributed by atoms with Crippen LogP contribution in [0.3, 0.4) is 0 Å². The molecule has 3 aliphatic rings. The first-order valence-electron chi connectivity index (χ1n) is 7.57. The molecule has 3 amide bonds. The molecule has 6 nitrogen and oxygen atoms in total. The van der Waals surface area contributed by atoms with Gasteiger partial charge in [-0.2, -0.15) is 4.99 Å². The highest BCUT2D eigenvalue weighted by Crippen LogP contribution is 2.32. The van der Waals surface area contributed by atoms with Crippen molar-refractivity contribution in [2.24, 2.45) is 16.6 Å². The third-order valence-electron chi connectivity index (χ3n) is 4.42. The first kappa shape index (κ1) is 13.4. The summed E-state index contributed by atoms with van der Waals surface area (Å²) >= 11 is 0. The third kappa shape index (κ3) is 2.78. The van der Waals surface area contributed by atoms with Gasteiger partial charge in [-0.25, -0.2) is 4.79 Å². The van der Waals surface area contributed by atoms with Gasteiger partial charge in [0.2, 0.25) is 5.91 Å². The number of amides is 3. The third-order valence-corrected chi connectivity index (χ3v) is 4.42. The lowest BCUT2D eigenvalue weighted by molar-refractivity contribution is -0.132. The molecule has 1 aliphatic carbocycles. The van der Waals surface area contributed by atoms with Crippen LogP contribution in [0.15, 0.2) is 4.99 Å². The number of piperidine rings is 1. The van der Waals surface area contributed by atoms with Gasteiger partial charge in [0.1, 0.15) is 5.84 Å². The number of carbonyl (C=O) groups is 2. The second-order valence-corrected chi connectivity index (χ2v) is 6.08. The summed E-state index contributed by atoms with van der Waals surface area (Å²) in [5.74, 6) is 0.983. The number of amidine groups is 1. The largest absolute Gasteiger partial charge is 0.385 e. The van der Waals surface area contributed by atoms with Crippen molar-refractivity contribution in [1.82, 2.24) is 9.80 Å². The van der Waals surface area contributed by atoms with Gasteiger partial charge in [0.25, 0.3) is 0 Å². The van der Waals surface area contributed by atoms with Gasteiger partial charge in [-0.1, -0.05) is 0 Å². The van der Waals surface area contributed by atoms with Crippen LogP contribution in [0.2, 0.25) is 0 Å². The summed E-state index contributed by atoms with van der Waals surface area (Å²) in [4.78, 5) is 31.6. The number of hydrogen-bond donors (Lipinski definition) is 1. The monoisotopic (exact) mass is 278 g/mol. The van der Waals surface area contributed by atoms with Crippen LogP contribution in [0.4, 0.5) is 4.79 Å². The number of nitrogens with zero attached hydrogens (tertiary/aromatic N) is 3. The number of rotatable bonds is 4. The molecular weight excluding hydrogens is 256 g/mol. The highest BCUT2D eigenvalue weighted by molar-refractivity contribution is 6.04. The van der Waals surface area contributed by atoms with Gasteiger partial charge in [-0.3, -0.25) is 4.79 Å². The number of likely N-dealkylation sites (tertiary alicyclic amines) is 1. The lowest BCUT2D eigenvalue weighted by Crippen LogP contribution is -2.46. The molecule has 2 N–H and O–H groups in total. The fraction of sp³-hybridized carbons (Fsp3) is 0.786. The molecule has 3 rings (SSSR count). The van der Waals surface area contributed by atoms with Crippen LogP contribution in [0.5, 0.6) is 0 Å². The van der Waals surface area contributed by atoms with Crippen LogP contribution in [-0.4, -0.2) is 53.2 Å². The van der Waals surface area contributed by atoms with Gasteiger partial charge in [0, 0.05) is 19.6 Å². The molecule has 0 aromatic carbocycles. The summed E-state index contributed by atoms with van der Waals surface area (Å²) in [5, 5.41) is 0. The van der Waals surface area contributed by atoms with Crippen molar-refractivity contribution >= 4 is 17.8 Å². The van der Waals surface area contributed by atoms with E-state index in [0.29, 0.717) is 18.3 Å². The van der Waals surface area contributed by atoms with E-state index < -0.39 is 0 Å². The van der Waals surface area contributed by atoms with Crippen molar-refractivity contribution < 1.29 is 9.59 Å². The maximum atomic E-state index is 12.3. The van der Waals surface area contributed by atoms with Crippen molar-refractivity contribution in [1.29, 1.82) is 0 Å². The minimum Gasteiger partial charge on any atom is -0.385 e. The summed E-state index contributed by atoms with van der Waals surface area (Å²) in [6, 6.07) is -0.594. The summed E-state index contributed by atoms with van der Waals surface area (Å²) in [5.41, 5.74) is 5.85. The highest BCUT2D eigenvalue weighted by atomic mass is 16.2. The zero-order chi connectivity index (χ0) is 14.1. The number of nitrogens with two attached hydrogens (primary N) is 1. The van der Waals surface area contributed by atoms with Gasteiger partial charge in [0.15, 0.2) is 0 Å². The normalized spacial score (nSPS) is 26.9. The van der Waals surface area contributed by atoms with E-state index in [2.05, 4.69) is 4.99 Å². The van der Waals surface area contributed by atoms with Crippen LogP contribution in [0.1, 0.15) is 38.5 Å². The van der Waals surface area contributed by atoms with E-state index in [1.807, 2.05) is 4.90 Å². The molecule has 1 saturated heterocycles. The Bertz CT molecular complexity index is 438. The Hall–Kier alpha value is -1.59. The van der Waals surface area contributed by atoms with E-state index in [4.69, 9.17) is 5.73 Å². The lowest BCUT2D eigenvalue weighted by atomic mass is 10.1. The molecule has 110 valence electrons. The minimum absolute atomic E-state index is 0.100. The highest BCUT2D eigenvalue weighted by Gasteiger charge is 2.38. The van der Waals surface area contributed by atoms with Crippen LogP contribution < -0.4 is 5.73 Å². The molecule has 2 fully saturated rings. The van der Waals surface area contributed by atoms with Crippen LogP contribution in [0, 0.1) is 5.92 Å². The van der Waals surface area contributed by atoms with E-state index >= 15 is 0 Å². The Morgan fingerprint density at radius 3 is 2.60 bits per heavy atom. The lowest BCUT2D eigenvalue weighted by Gasteiger charge is -2.30. The Labute approximate surface area is 119 Å². The Kier molecular flexibility index (Phi) is 3.63. The molecule has 2 aliphatic heterocycles. The molecule has 0 bridgehead atoms. The maximum absolute atomic E-state index is 12.3. The predicted molar refractivity (Wildman–Crippen MR) is 75.3 cm³/mol. The number of hydrogen-bond acceptors (Lipinski definition) is 3. The molecular formula is C14H22N4O2. The molecule has 6 heteroatoms. The maximum Gasteiger partial charge on any atom is 0.345 e. The Morgan fingerprint density at radius 1 is 1.25 bits per heavy atom. The number of aliphatic imine (C=N–C) groups is 1. The van der Waals surface area contributed by atoms with E-state index in [1.54, 1.807) is 4.90 Å². The zero-order valence-electron chi connectivity index (χ0n) is 11.8. The minimum atomic E-state index is -0.322. The number of urea groups is 1. The van der Waals surface area contributed by atoms with E-state index in [9.17, 15) is 9.59 Å². The second kappa shape index (κ2) is 5.42. The molecule has 0 aromatic rings. The smallest absolute Gasteiger partial charge is 0.345 e. The zero-order valence-corrected chi connectivity index (χ0v) is 11.8. The molecule has 0 spiro atoms.